The zero-order valence-corrected chi connectivity index (χ0v) is 9.89. The topological polar surface area (TPSA) is 50.1 Å². The number of hydrogen-bond acceptors (Lipinski definition) is 4. The highest BCUT2D eigenvalue weighted by molar-refractivity contribution is 7.99. The lowest BCUT2D eigenvalue weighted by atomic mass is 10.1. The summed E-state index contributed by atoms with van der Waals surface area (Å²) in [6.45, 7) is 2.09. The van der Waals surface area contributed by atoms with Gasteiger partial charge in [0.05, 0.1) is 11.8 Å². The third-order valence-corrected chi connectivity index (χ3v) is 3.57. The van der Waals surface area contributed by atoms with Gasteiger partial charge in [0.2, 0.25) is 0 Å². The highest BCUT2D eigenvalue weighted by Gasteiger charge is 2.27. The quantitative estimate of drug-likeness (QED) is 0.534. The van der Waals surface area contributed by atoms with Crippen LogP contribution in [0.3, 0.4) is 0 Å². The van der Waals surface area contributed by atoms with Crippen molar-refractivity contribution in [1.29, 1.82) is 5.26 Å². The maximum atomic E-state index is 11.3. The van der Waals surface area contributed by atoms with Crippen molar-refractivity contribution in [3.05, 3.63) is 0 Å². The first-order valence-corrected chi connectivity index (χ1v) is 6.58. The van der Waals surface area contributed by atoms with E-state index in [9.17, 15) is 4.79 Å². The van der Waals surface area contributed by atoms with Gasteiger partial charge in [-0.05, 0) is 25.0 Å². The Labute approximate surface area is 95.2 Å². The lowest BCUT2D eigenvalue weighted by Gasteiger charge is -2.10. The monoisotopic (exact) mass is 227 g/mol. The lowest BCUT2D eigenvalue weighted by Crippen LogP contribution is -2.17. The SMILES string of the molecule is CCCSCC(=O)OC1CCC(C#N)C1. The summed E-state index contributed by atoms with van der Waals surface area (Å²) in [4.78, 5) is 11.3. The summed E-state index contributed by atoms with van der Waals surface area (Å²) >= 11 is 1.61. The molecule has 84 valence electrons. The number of ether oxygens (including phenoxy) is 1. The van der Waals surface area contributed by atoms with E-state index in [1.807, 2.05) is 0 Å². The van der Waals surface area contributed by atoms with Crippen LogP contribution in [-0.2, 0) is 9.53 Å². The van der Waals surface area contributed by atoms with Gasteiger partial charge in [0, 0.05) is 12.3 Å². The second kappa shape index (κ2) is 6.73. The van der Waals surface area contributed by atoms with Crippen molar-refractivity contribution in [1.82, 2.24) is 0 Å². The molecule has 1 aliphatic rings. The minimum Gasteiger partial charge on any atom is -0.462 e. The molecule has 3 nitrogen and oxygen atoms in total. The van der Waals surface area contributed by atoms with Crippen molar-refractivity contribution in [2.45, 2.75) is 38.7 Å². The van der Waals surface area contributed by atoms with Crippen LogP contribution in [0.15, 0.2) is 0 Å². The largest absolute Gasteiger partial charge is 0.462 e. The van der Waals surface area contributed by atoms with Gasteiger partial charge in [0.25, 0.3) is 0 Å². The highest BCUT2D eigenvalue weighted by atomic mass is 32.2. The molecule has 0 aromatic carbocycles. The van der Waals surface area contributed by atoms with Crippen LogP contribution in [0, 0.1) is 17.2 Å². The zero-order chi connectivity index (χ0) is 11.1. The number of carbonyl (C=O) groups is 1. The minimum absolute atomic E-state index is 0.00984. The van der Waals surface area contributed by atoms with Crippen molar-refractivity contribution < 1.29 is 9.53 Å². The average Bonchev–Trinajstić information content (AvgIpc) is 2.66. The molecule has 0 N–H and O–H groups in total. The maximum absolute atomic E-state index is 11.3. The molecule has 2 unspecified atom stereocenters. The zero-order valence-electron chi connectivity index (χ0n) is 9.07. The smallest absolute Gasteiger partial charge is 0.316 e. The van der Waals surface area contributed by atoms with E-state index < -0.39 is 0 Å². The Hall–Kier alpha value is -0.690. The van der Waals surface area contributed by atoms with E-state index in [-0.39, 0.29) is 18.0 Å². The fourth-order valence-electron chi connectivity index (χ4n) is 1.68. The fourth-order valence-corrected chi connectivity index (χ4v) is 2.35. The molecule has 4 heteroatoms. The van der Waals surface area contributed by atoms with Gasteiger partial charge in [0.15, 0.2) is 0 Å². The summed E-state index contributed by atoms with van der Waals surface area (Å²) in [7, 11) is 0. The first-order valence-electron chi connectivity index (χ1n) is 5.43. The van der Waals surface area contributed by atoms with E-state index in [0.717, 1.165) is 31.4 Å². The molecule has 0 aromatic heterocycles. The van der Waals surface area contributed by atoms with Gasteiger partial charge in [-0.1, -0.05) is 6.92 Å². The Bertz CT molecular complexity index is 249. The van der Waals surface area contributed by atoms with Gasteiger partial charge in [-0.2, -0.15) is 17.0 Å². The Kier molecular flexibility index (Phi) is 5.56. The molecule has 0 bridgehead atoms. The van der Waals surface area contributed by atoms with Crippen LogP contribution in [0.25, 0.3) is 0 Å². The summed E-state index contributed by atoms with van der Waals surface area (Å²) in [5.74, 6) is 1.41. The molecule has 0 heterocycles. The molecule has 2 atom stereocenters. The lowest BCUT2D eigenvalue weighted by molar-refractivity contribution is -0.145. The number of nitrogens with zero attached hydrogens (tertiary/aromatic N) is 1. The van der Waals surface area contributed by atoms with Gasteiger partial charge < -0.3 is 4.74 Å². The normalized spacial score (nSPS) is 24.8. The minimum atomic E-state index is -0.128. The number of nitriles is 1. The molecule has 0 amide bonds. The Morgan fingerprint density at radius 3 is 3.00 bits per heavy atom. The number of hydrogen-bond donors (Lipinski definition) is 0. The van der Waals surface area contributed by atoms with Gasteiger partial charge in [0.1, 0.15) is 6.10 Å². The summed E-state index contributed by atoms with van der Waals surface area (Å²) in [5.41, 5.74) is 0. The van der Waals surface area contributed by atoms with Crippen LogP contribution in [-0.4, -0.2) is 23.6 Å². The van der Waals surface area contributed by atoms with Crippen molar-refractivity contribution >= 4 is 17.7 Å². The van der Waals surface area contributed by atoms with Crippen molar-refractivity contribution in [2.24, 2.45) is 5.92 Å². The standard InChI is InChI=1S/C11H17NO2S/c1-2-5-15-8-11(13)14-10-4-3-9(6-10)7-12/h9-10H,2-6,8H2,1H3. The Morgan fingerprint density at radius 2 is 2.40 bits per heavy atom. The molecule has 1 fully saturated rings. The van der Waals surface area contributed by atoms with Crippen LogP contribution in [0.2, 0.25) is 0 Å². The molecular formula is C11H17NO2S. The third-order valence-electron chi connectivity index (χ3n) is 2.43. The number of carbonyl (C=O) groups excluding carboxylic acids is 1. The molecule has 0 aliphatic heterocycles. The van der Waals surface area contributed by atoms with Crippen molar-refractivity contribution in [3.63, 3.8) is 0 Å². The van der Waals surface area contributed by atoms with Crippen LogP contribution >= 0.6 is 11.8 Å². The van der Waals surface area contributed by atoms with Crippen molar-refractivity contribution in [3.8, 4) is 6.07 Å². The number of thioether (sulfide) groups is 1. The van der Waals surface area contributed by atoms with E-state index in [1.165, 1.54) is 0 Å². The molecule has 0 aromatic rings. The number of esters is 1. The van der Waals surface area contributed by atoms with Crippen LogP contribution in [0.5, 0.6) is 0 Å². The molecular weight excluding hydrogens is 210 g/mol. The first-order chi connectivity index (χ1) is 7.26. The summed E-state index contributed by atoms with van der Waals surface area (Å²) in [5, 5.41) is 8.70. The molecule has 15 heavy (non-hydrogen) atoms. The van der Waals surface area contributed by atoms with Gasteiger partial charge >= 0.3 is 5.97 Å². The second-order valence-corrected chi connectivity index (χ2v) is 4.91. The van der Waals surface area contributed by atoms with Crippen LogP contribution in [0.1, 0.15) is 32.6 Å². The van der Waals surface area contributed by atoms with E-state index in [0.29, 0.717) is 5.75 Å². The number of rotatable bonds is 5. The van der Waals surface area contributed by atoms with Crippen LogP contribution in [0.4, 0.5) is 0 Å². The van der Waals surface area contributed by atoms with E-state index >= 15 is 0 Å². The van der Waals surface area contributed by atoms with Gasteiger partial charge in [-0.25, -0.2) is 0 Å². The highest BCUT2D eigenvalue weighted by Crippen LogP contribution is 2.27. The van der Waals surface area contributed by atoms with E-state index in [1.54, 1.807) is 11.8 Å². The summed E-state index contributed by atoms with van der Waals surface area (Å²) in [6.07, 6.45) is 3.52. The molecule has 1 saturated carbocycles. The molecule has 0 spiro atoms. The van der Waals surface area contributed by atoms with Crippen LogP contribution < -0.4 is 0 Å². The van der Waals surface area contributed by atoms with Crippen molar-refractivity contribution in [2.75, 3.05) is 11.5 Å². The Balaban J connectivity index is 2.14. The van der Waals surface area contributed by atoms with E-state index in [4.69, 9.17) is 10.00 Å². The Morgan fingerprint density at radius 1 is 1.60 bits per heavy atom. The predicted molar refractivity (Wildman–Crippen MR) is 60.5 cm³/mol. The molecule has 1 rings (SSSR count). The van der Waals surface area contributed by atoms with Gasteiger partial charge in [-0.15, -0.1) is 0 Å². The van der Waals surface area contributed by atoms with E-state index in [2.05, 4.69) is 13.0 Å². The third kappa shape index (κ3) is 4.57. The van der Waals surface area contributed by atoms with Gasteiger partial charge in [-0.3, -0.25) is 4.79 Å². The summed E-state index contributed by atoms with van der Waals surface area (Å²) < 4.78 is 5.28. The average molecular weight is 227 g/mol. The molecule has 0 radical (unpaired) electrons. The molecule has 1 aliphatic carbocycles. The predicted octanol–water partition coefficient (Wildman–Crippen LogP) is 2.37. The summed E-state index contributed by atoms with van der Waals surface area (Å²) in [6, 6.07) is 2.22. The molecule has 0 saturated heterocycles. The fraction of sp³-hybridized carbons (Fsp3) is 0.818. The maximum Gasteiger partial charge on any atom is 0.316 e. The second-order valence-electron chi connectivity index (χ2n) is 3.80. The first kappa shape index (κ1) is 12.4.